The van der Waals surface area contributed by atoms with Gasteiger partial charge in [0, 0.05) is 12.1 Å². The summed E-state index contributed by atoms with van der Waals surface area (Å²) in [4.78, 5) is 11.5. The number of hydrogen-bond acceptors (Lipinski definition) is 5. The van der Waals surface area contributed by atoms with Crippen molar-refractivity contribution in [2.24, 2.45) is 0 Å². The predicted octanol–water partition coefficient (Wildman–Crippen LogP) is 4.02. The summed E-state index contributed by atoms with van der Waals surface area (Å²) in [7, 11) is 0. The molecule has 1 amide bonds. The summed E-state index contributed by atoms with van der Waals surface area (Å²) in [5, 5.41) is 4.73. The van der Waals surface area contributed by atoms with Gasteiger partial charge in [-0.15, -0.1) is 0 Å². The maximum atomic E-state index is 11.5. The van der Waals surface area contributed by atoms with Gasteiger partial charge in [-0.2, -0.15) is 0 Å². The van der Waals surface area contributed by atoms with Crippen LogP contribution in [0, 0.1) is 0 Å². The van der Waals surface area contributed by atoms with Crippen molar-refractivity contribution in [3.05, 3.63) is 89.3 Å². The molecule has 2 heterocycles. The number of anilines is 2. The van der Waals surface area contributed by atoms with E-state index in [1.807, 2.05) is 30.3 Å². The number of hydrogen-bond donors (Lipinski definition) is 3. The van der Waals surface area contributed by atoms with Crippen molar-refractivity contribution in [2.45, 2.75) is 13.5 Å². The Morgan fingerprint density at radius 1 is 1.14 bits per heavy atom. The van der Waals surface area contributed by atoms with E-state index in [-0.39, 0.29) is 0 Å². The lowest BCUT2D eigenvalue weighted by molar-refractivity contribution is 0.168. The molecule has 6 heteroatoms. The number of benzene rings is 2. The molecule has 2 aliphatic heterocycles. The Morgan fingerprint density at radius 3 is 2.68 bits per heavy atom. The highest BCUT2D eigenvalue weighted by atomic mass is 16.5. The third kappa shape index (κ3) is 3.50. The number of nitrogens with zero attached hydrogens (tertiary/aromatic N) is 1. The molecule has 0 saturated carbocycles. The highest BCUT2D eigenvalue weighted by Crippen LogP contribution is 2.39. The molecule has 2 aromatic rings. The Kier molecular flexibility index (Phi) is 4.87. The summed E-state index contributed by atoms with van der Waals surface area (Å²) in [5.41, 5.74) is 16.2. The van der Waals surface area contributed by atoms with Gasteiger partial charge in [-0.3, -0.25) is 10.3 Å². The van der Waals surface area contributed by atoms with Crippen LogP contribution in [-0.4, -0.2) is 17.7 Å². The second-order valence-electron chi connectivity index (χ2n) is 6.50. The van der Waals surface area contributed by atoms with Gasteiger partial charge in [0.25, 0.3) is 0 Å². The van der Waals surface area contributed by atoms with Crippen molar-refractivity contribution in [2.75, 3.05) is 17.7 Å². The van der Waals surface area contributed by atoms with E-state index < -0.39 is 6.09 Å². The molecule has 142 valence electrons. The zero-order valence-electron chi connectivity index (χ0n) is 15.6. The number of nitrogen functional groups attached to an aromatic ring is 1. The second-order valence-corrected chi connectivity index (χ2v) is 6.50. The molecule has 0 spiro atoms. The van der Waals surface area contributed by atoms with Gasteiger partial charge < -0.3 is 10.5 Å². The fourth-order valence-electron chi connectivity index (χ4n) is 3.24. The lowest BCUT2D eigenvalue weighted by Gasteiger charge is -2.40. The minimum atomic E-state index is -0.507. The summed E-state index contributed by atoms with van der Waals surface area (Å²) in [6.07, 6.45) is 5.90. The van der Waals surface area contributed by atoms with Crippen LogP contribution in [0.5, 0.6) is 0 Å². The van der Waals surface area contributed by atoms with E-state index in [1.165, 1.54) is 11.1 Å². The van der Waals surface area contributed by atoms with Gasteiger partial charge in [-0.05, 0) is 42.3 Å². The topological polar surface area (TPSA) is 79.6 Å². The van der Waals surface area contributed by atoms with E-state index in [0.29, 0.717) is 24.5 Å². The van der Waals surface area contributed by atoms with Crippen LogP contribution >= 0.6 is 0 Å². The number of fused-ring (bicyclic) bond motifs is 2. The van der Waals surface area contributed by atoms with Crippen LogP contribution in [0.1, 0.15) is 18.1 Å². The van der Waals surface area contributed by atoms with Crippen molar-refractivity contribution in [1.29, 1.82) is 0 Å². The molecule has 4 N–H and O–H groups in total. The molecule has 4 rings (SSSR count). The molecule has 0 atom stereocenters. The SMILES string of the molecule is CCOC(=O)Nc1ccc(CNN2c3ccc(-c4ccccc4)c2c3)cc1N. The number of nitrogens with one attached hydrogen (secondary N) is 2. The number of rotatable bonds is 6. The van der Waals surface area contributed by atoms with E-state index in [9.17, 15) is 4.79 Å². The average Bonchev–Trinajstić information content (AvgIpc) is 2.71. The van der Waals surface area contributed by atoms with Gasteiger partial charge in [0.1, 0.15) is 0 Å². The van der Waals surface area contributed by atoms with E-state index in [1.54, 1.807) is 13.0 Å². The normalized spacial score (nSPS) is 14.5. The highest BCUT2D eigenvalue weighted by Gasteiger charge is 2.29. The van der Waals surface area contributed by atoms with E-state index >= 15 is 0 Å². The van der Waals surface area contributed by atoms with Crippen molar-refractivity contribution in [1.82, 2.24) is 10.4 Å². The minimum Gasteiger partial charge on any atom is -0.450 e. The zero-order chi connectivity index (χ0) is 19.5. The molecule has 0 saturated heterocycles. The monoisotopic (exact) mass is 374 g/mol. The van der Waals surface area contributed by atoms with Crippen LogP contribution in [0.15, 0.2) is 78.2 Å². The second kappa shape index (κ2) is 7.62. The molecule has 0 radical (unpaired) electrons. The minimum absolute atomic E-state index is 0.314. The average molecular weight is 374 g/mol. The van der Waals surface area contributed by atoms with Crippen molar-refractivity contribution in [3.63, 3.8) is 0 Å². The first kappa shape index (κ1) is 17.9. The smallest absolute Gasteiger partial charge is 0.411 e. The first-order chi connectivity index (χ1) is 13.7. The molecule has 0 aromatic heterocycles. The van der Waals surface area contributed by atoms with Crippen molar-refractivity contribution >= 4 is 23.0 Å². The molecule has 0 unspecified atom stereocenters. The fourth-order valence-corrected chi connectivity index (χ4v) is 3.24. The third-order valence-corrected chi connectivity index (χ3v) is 4.63. The maximum Gasteiger partial charge on any atom is 0.411 e. The lowest BCUT2D eigenvalue weighted by atomic mass is 9.93. The van der Waals surface area contributed by atoms with Gasteiger partial charge in [0.15, 0.2) is 0 Å². The van der Waals surface area contributed by atoms with Crippen LogP contribution in [-0.2, 0) is 11.3 Å². The number of carbonyl (C=O) groups excluding carboxylic acids is 1. The summed E-state index contributed by atoms with van der Waals surface area (Å²) in [5.74, 6) is 0. The van der Waals surface area contributed by atoms with Gasteiger partial charge in [0.05, 0.1) is 29.4 Å². The molecule has 2 aromatic carbocycles. The van der Waals surface area contributed by atoms with Crippen LogP contribution in [0.4, 0.5) is 16.2 Å². The van der Waals surface area contributed by atoms with Gasteiger partial charge in [0.2, 0.25) is 0 Å². The Hall–Kier alpha value is -3.51. The Morgan fingerprint density at radius 2 is 1.96 bits per heavy atom. The number of carbonyl (C=O) groups is 1. The number of amides is 1. The number of hydrazine groups is 1. The molecule has 0 aliphatic carbocycles. The quantitative estimate of drug-likeness (QED) is 0.666. The summed E-state index contributed by atoms with van der Waals surface area (Å²) in [6.45, 7) is 2.68. The summed E-state index contributed by atoms with van der Waals surface area (Å²) in [6, 6.07) is 15.9. The number of ether oxygens (including phenoxy) is 1. The lowest BCUT2D eigenvalue weighted by Crippen LogP contribution is -2.42. The van der Waals surface area contributed by atoms with Crippen LogP contribution < -0.4 is 16.5 Å². The first-order valence-electron chi connectivity index (χ1n) is 9.21. The van der Waals surface area contributed by atoms with E-state index in [4.69, 9.17) is 10.5 Å². The molecule has 2 bridgehead atoms. The Labute approximate surface area is 164 Å². The molecule has 6 nitrogen and oxygen atoms in total. The fraction of sp³-hybridized carbons (Fsp3) is 0.136. The van der Waals surface area contributed by atoms with Crippen LogP contribution in [0.25, 0.3) is 5.57 Å². The van der Waals surface area contributed by atoms with E-state index in [2.05, 4.69) is 46.1 Å². The molecule has 0 fully saturated rings. The predicted molar refractivity (Wildman–Crippen MR) is 111 cm³/mol. The largest absolute Gasteiger partial charge is 0.450 e. The van der Waals surface area contributed by atoms with Crippen LogP contribution in [0.3, 0.4) is 0 Å². The van der Waals surface area contributed by atoms with Crippen LogP contribution in [0.2, 0.25) is 0 Å². The molecular weight excluding hydrogens is 352 g/mol. The summed E-state index contributed by atoms with van der Waals surface area (Å²) < 4.78 is 4.88. The third-order valence-electron chi connectivity index (χ3n) is 4.63. The molecular formula is C22H22N4O2. The van der Waals surface area contributed by atoms with E-state index in [0.717, 1.165) is 17.0 Å². The zero-order valence-corrected chi connectivity index (χ0v) is 15.6. The van der Waals surface area contributed by atoms with Crippen molar-refractivity contribution < 1.29 is 9.53 Å². The maximum absolute atomic E-state index is 11.5. The standard InChI is InChI=1S/C22H22N4O2/c1-2-28-22(27)25-20-11-8-15(12-19(20)23)14-24-26-17-9-10-18(21(26)13-17)16-6-4-3-5-7-16/h3-13,24H,2,14,23H2,1H3,(H,25,27). The first-order valence-corrected chi connectivity index (χ1v) is 9.21. The summed E-state index contributed by atoms with van der Waals surface area (Å²) >= 11 is 0. The molecule has 28 heavy (non-hydrogen) atoms. The van der Waals surface area contributed by atoms with Crippen molar-refractivity contribution in [3.8, 4) is 0 Å². The van der Waals surface area contributed by atoms with Gasteiger partial charge >= 0.3 is 6.09 Å². The van der Waals surface area contributed by atoms with Gasteiger partial charge in [-0.25, -0.2) is 10.2 Å². The van der Waals surface area contributed by atoms with Gasteiger partial charge in [-0.1, -0.05) is 42.5 Å². The Balaban J connectivity index is 1.39. The Bertz CT molecular complexity index is 990. The molecule has 2 aliphatic rings. The number of nitrogens with two attached hydrogens (primary N) is 1. The number of allylic oxidation sites excluding steroid dienone is 4. The highest BCUT2D eigenvalue weighted by molar-refractivity contribution is 5.89.